The zero-order valence-corrected chi connectivity index (χ0v) is 12.2. The second kappa shape index (κ2) is 9.82. The molecule has 0 unspecified atom stereocenters. The van der Waals surface area contributed by atoms with E-state index in [4.69, 9.17) is 5.26 Å². The van der Waals surface area contributed by atoms with E-state index in [1.54, 1.807) is 0 Å². The van der Waals surface area contributed by atoms with Gasteiger partial charge in [-0.25, -0.2) is 4.39 Å². The quantitative estimate of drug-likeness (QED) is 0.700. The van der Waals surface area contributed by atoms with E-state index in [9.17, 15) is 4.39 Å². The molecule has 0 amide bonds. The Morgan fingerprint density at radius 1 is 1.26 bits per heavy atom. The summed E-state index contributed by atoms with van der Waals surface area (Å²) in [6, 6.07) is 6.39. The van der Waals surface area contributed by atoms with Crippen LogP contribution in [0.2, 0.25) is 0 Å². The van der Waals surface area contributed by atoms with E-state index in [0.717, 1.165) is 18.5 Å². The predicted octanol–water partition coefficient (Wildman–Crippen LogP) is 3.71. The van der Waals surface area contributed by atoms with Crippen LogP contribution < -0.4 is 5.32 Å². The van der Waals surface area contributed by atoms with E-state index >= 15 is 0 Å². The molecule has 1 rings (SSSR count). The fraction of sp³-hybridized carbons (Fsp3) is 0.533. The minimum atomic E-state index is -0.284. The summed E-state index contributed by atoms with van der Waals surface area (Å²) in [5, 5.41) is 12.2. The van der Waals surface area contributed by atoms with Crippen molar-refractivity contribution in [2.45, 2.75) is 32.2 Å². The van der Waals surface area contributed by atoms with Crippen LogP contribution in [0, 0.1) is 17.1 Å². The number of nitriles is 1. The van der Waals surface area contributed by atoms with E-state index in [2.05, 4.69) is 17.6 Å². The van der Waals surface area contributed by atoms with Crippen LogP contribution in [0.3, 0.4) is 0 Å². The van der Waals surface area contributed by atoms with Gasteiger partial charge < -0.3 is 5.32 Å². The second-order valence-corrected chi connectivity index (χ2v) is 5.48. The average molecular weight is 280 g/mol. The van der Waals surface area contributed by atoms with E-state index in [0.29, 0.717) is 12.1 Å². The Kier molecular flexibility index (Phi) is 8.28. The van der Waals surface area contributed by atoms with E-state index in [-0.39, 0.29) is 5.82 Å². The molecule has 0 spiro atoms. The van der Waals surface area contributed by atoms with Crippen LogP contribution in [0.5, 0.6) is 0 Å². The highest BCUT2D eigenvalue weighted by Crippen LogP contribution is 2.10. The van der Waals surface area contributed by atoms with Crippen LogP contribution in [0.15, 0.2) is 18.2 Å². The first-order valence-electron chi connectivity index (χ1n) is 6.66. The molecule has 0 radical (unpaired) electrons. The Morgan fingerprint density at radius 2 is 2.05 bits per heavy atom. The monoisotopic (exact) mass is 280 g/mol. The molecule has 0 fully saturated rings. The Balaban J connectivity index is 2.19. The fourth-order valence-corrected chi connectivity index (χ4v) is 2.38. The van der Waals surface area contributed by atoms with Gasteiger partial charge in [0.2, 0.25) is 0 Å². The van der Waals surface area contributed by atoms with Crippen molar-refractivity contribution >= 4 is 11.8 Å². The first-order chi connectivity index (χ1) is 9.27. The molecule has 0 atom stereocenters. The molecule has 0 aromatic heterocycles. The van der Waals surface area contributed by atoms with Gasteiger partial charge in [0.25, 0.3) is 0 Å². The Hall–Kier alpha value is -1.05. The average Bonchev–Trinajstić information content (AvgIpc) is 2.42. The standard InChI is InChI=1S/C15H21FN2S/c1-19-9-5-3-2-4-8-18-12-14-10-15(16)7-6-13(14)11-17/h6-7,10,18H,2-5,8-9,12H2,1H3. The van der Waals surface area contributed by atoms with Crippen LogP contribution in [0.25, 0.3) is 0 Å². The lowest BCUT2D eigenvalue weighted by atomic mass is 10.1. The maximum absolute atomic E-state index is 13.1. The van der Waals surface area contributed by atoms with Crippen LogP contribution in [-0.4, -0.2) is 18.6 Å². The SMILES string of the molecule is CSCCCCCCNCc1cc(F)ccc1C#N. The summed E-state index contributed by atoms with van der Waals surface area (Å²) in [4.78, 5) is 0. The molecular formula is C15H21FN2S. The van der Waals surface area contributed by atoms with Gasteiger partial charge in [-0.05, 0) is 55.2 Å². The zero-order chi connectivity index (χ0) is 13.9. The molecule has 0 aliphatic rings. The number of hydrogen-bond acceptors (Lipinski definition) is 3. The molecule has 4 heteroatoms. The van der Waals surface area contributed by atoms with Crippen molar-refractivity contribution in [2.24, 2.45) is 0 Å². The minimum Gasteiger partial charge on any atom is -0.313 e. The maximum atomic E-state index is 13.1. The number of thioether (sulfide) groups is 1. The lowest BCUT2D eigenvalue weighted by molar-refractivity contribution is 0.593. The maximum Gasteiger partial charge on any atom is 0.123 e. The van der Waals surface area contributed by atoms with Crippen molar-refractivity contribution in [3.05, 3.63) is 35.1 Å². The Bertz CT molecular complexity index is 415. The molecule has 0 saturated carbocycles. The number of benzene rings is 1. The highest BCUT2D eigenvalue weighted by Gasteiger charge is 2.03. The van der Waals surface area contributed by atoms with Crippen molar-refractivity contribution in [3.63, 3.8) is 0 Å². The van der Waals surface area contributed by atoms with Gasteiger partial charge in [-0.1, -0.05) is 12.8 Å². The predicted molar refractivity (Wildman–Crippen MR) is 79.7 cm³/mol. The van der Waals surface area contributed by atoms with Gasteiger partial charge in [0.05, 0.1) is 11.6 Å². The first-order valence-corrected chi connectivity index (χ1v) is 8.05. The third kappa shape index (κ3) is 6.60. The Labute approximate surface area is 119 Å². The number of rotatable bonds is 9. The molecule has 0 aliphatic heterocycles. The van der Waals surface area contributed by atoms with Crippen molar-refractivity contribution in [3.8, 4) is 6.07 Å². The molecule has 0 aliphatic carbocycles. The zero-order valence-electron chi connectivity index (χ0n) is 11.4. The van der Waals surface area contributed by atoms with Gasteiger partial charge in [0.1, 0.15) is 5.82 Å². The summed E-state index contributed by atoms with van der Waals surface area (Å²) >= 11 is 1.89. The number of nitrogens with zero attached hydrogens (tertiary/aromatic N) is 1. The molecule has 2 nitrogen and oxygen atoms in total. The first kappa shape index (κ1) is 16.0. The topological polar surface area (TPSA) is 35.8 Å². The van der Waals surface area contributed by atoms with Gasteiger partial charge in [-0.2, -0.15) is 17.0 Å². The minimum absolute atomic E-state index is 0.284. The molecule has 19 heavy (non-hydrogen) atoms. The second-order valence-electron chi connectivity index (χ2n) is 4.50. The molecule has 0 saturated heterocycles. The van der Waals surface area contributed by atoms with Gasteiger partial charge in [0, 0.05) is 6.54 Å². The lowest BCUT2D eigenvalue weighted by Crippen LogP contribution is -2.15. The van der Waals surface area contributed by atoms with Crippen molar-refractivity contribution in [2.75, 3.05) is 18.6 Å². The lowest BCUT2D eigenvalue weighted by Gasteiger charge is -2.06. The van der Waals surface area contributed by atoms with E-state index in [1.807, 2.05) is 11.8 Å². The third-order valence-corrected chi connectivity index (χ3v) is 3.65. The smallest absolute Gasteiger partial charge is 0.123 e. The van der Waals surface area contributed by atoms with Crippen LogP contribution >= 0.6 is 11.8 Å². The van der Waals surface area contributed by atoms with Crippen molar-refractivity contribution < 1.29 is 4.39 Å². The summed E-state index contributed by atoms with van der Waals surface area (Å²) < 4.78 is 13.1. The molecule has 0 heterocycles. The Morgan fingerprint density at radius 3 is 2.79 bits per heavy atom. The molecule has 1 aromatic carbocycles. The highest BCUT2D eigenvalue weighted by atomic mass is 32.2. The van der Waals surface area contributed by atoms with Crippen LogP contribution in [0.4, 0.5) is 4.39 Å². The van der Waals surface area contributed by atoms with Gasteiger partial charge in [-0.15, -0.1) is 0 Å². The summed E-state index contributed by atoms with van der Waals surface area (Å²) in [5.41, 5.74) is 1.29. The summed E-state index contributed by atoms with van der Waals surface area (Å²) in [5.74, 6) is 0.954. The van der Waals surface area contributed by atoms with Crippen LogP contribution in [0.1, 0.15) is 36.8 Å². The van der Waals surface area contributed by atoms with E-state index < -0.39 is 0 Å². The highest BCUT2D eigenvalue weighted by molar-refractivity contribution is 7.98. The van der Waals surface area contributed by atoms with Gasteiger partial charge >= 0.3 is 0 Å². The van der Waals surface area contributed by atoms with Crippen molar-refractivity contribution in [1.29, 1.82) is 5.26 Å². The number of hydrogen-bond donors (Lipinski definition) is 1. The van der Waals surface area contributed by atoms with Crippen molar-refractivity contribution in [1.82, 2.24) is 5.32 Å². The van der Waals surface area contributed by atoms with Gasteiger partial charge in [-0.3, -0.25) is 0 Å². The summed E-state index contributed by atoms with van der Waals surface area (Å²) in [7, 11) is 0. The largest absolute Gasteiger partial charge is 0.313 e. The molecule has 1 N–H and O–H groups in total. The molecule has 104 valence electrons. The molecular weight excluding hydrogens is 259 g/mol. The number of nitrogens with one attached hydrogen (secondary N) is 1. The number of halogens is 1. The fourth-order valence-electron chi connectivity index (χ4n) is 1.89. The third-order valence-electron chi connectivity index (χ3n) is 2.96. The summed E-state index contributed by atoms with van der Waals surface area (Å²) in [6.45, 7) is 1.48. The normalized spacial score (nSPS) is 10.4. The molecule has 1 aromatic rings. The molecule has 0 bridgehead atoms. The summed E-state index contributed by atoms with van der Waals surface area (Å²) in [6.07, 6.45) is 7.04. The van der Waals surface area contributed by atoms with Crippen LogP contribution in [-0.2, 0) is 6.54 Å². The van der Waals surface area contributed by atoms with E-state index in [1.165, 1.54) is 43.2 Å². The van der Waals surface area contributed by atoms with Gasteiger partial charge in [0.15, 0.2) is 0 Å². The number of unbranched alkanes of at least 4 members (excludes halogenated alkanes) is 3.